The zero-order valence-corrected chi connectivity index (χ0v) is 10.0. The van der Waals surface area contributed by atoms with E-state index in [1.165, 1.54) is 0 Å². The predicted molar refractivity (Wildman–Crippen MR) is 60.9 cm³/mol. The zero-order chi connectivity index (χ0) is 12.2. The summed E-state index contributed by atoms with van der Waals surface area (Å²) in [6, 6.07) is 0. The van der Waals surface area contributed by atoms with Crippen LogP contribution in [0, 0.1) is 0 Å². The molecule has 0 aromatic rings. The van der Waals surface area contributed by atoms with E-state index < -0.39 is 11.9 Å². The second-order valence-electron chi connectivity index (χ2n) is 3.27. The summed E-state index contributed by atoms with van der Waals surface area (Å²) in [6.45, 7) is 4.11. The minimum absolute atomic E-state index is 0.192. The van der Waals surface area contributed by atoms with Crippen molar-refractivity contribution in [3.8, 4) is 0 Å². The van der Waals surface area contributed by atoms with Gasteiger partial charge in [-0.2, -0.15) is 0 Å². The molecule has 0 aromatic carbocycles. The van der Waals surface area contributed by atoms with E-state index in [1.807, 2.05) is 13.0 Å². The Morgan fingerprint density at radius 1 is 1.06 bits per heavy atom. The van der Waals surface area contributed by atoms with E-state index in [9.17, 15) is 9.59 Å². The highest BCUT2D eigenvalue weighted by atomic mass is 16.6. The molecule has 0 aromatic heterocycles. The van der Waals surface area contributed by atoms with Gasteiger partial charge in [-0.05, 0) is 39.5 Å². The summed E-state index contributed by atoms with van der Waals surface area (Å²) in [5.74, 6) is -1.80. The van der Waals surface area contributed by atoms with Crippen molar-refractivity contribution in [3.63, 3.8) is 0 Å². The van der Waals surface area contributed by atoms with Crippen LogP contribution in [0.15, 0.2) is 12.2 Å². The van der Waals surface area contributed by atoms with Gasteiger partial charge < -0.3 is 9.47 Å². The Morgan fingerprint density at radius 3 is 2.38 bits per heavy atom. The van der Waals surface area contributed by atoms with Crippen molar-refractivity contribution in [1.29, 1.82) is 0 Å². The number of allylic oxidation sites excluding steroid dienone is 2. The smallest absolute Gasteiger partial charge is 0.417 e. The fourth-order valence-corrected chi connectivity index (χ4v) is 1.12. The molecule has 16 heavy (non-hydrogen) atoms. The van der Waals surface area contributed by atoms with Crippen LogP contribution in [0.25, 0.3) is 0 Å². The Bertz CT molecular complexity index is 233. The number of esters is 2. The van der Waals surface area contributed by atoms with Gasteiger partial charge in [0, 0.05) is 0 Å². The molecule has 0 aliphatic carbocycles. The van der Waals surface area contributed by atoms with Gasteiger partial charge in [0.15, 0.2) is 0 Å². The standard InChI is InChI=1S/C12H20O4/c1-3-5-6-7-8-9-10-16-12(14)11(13)15-4-2/h3,5H,4,6-10H2,1-2H3. The summed E-state index contributed by atoms with van der Waals surface area (Å²) in [5.41, 5.74) is 0. The van der Waals surface area contributed by atoms with Crippen LogP contribution in [0.5, 0.6) is 0 Å². The molecule has 4 heteroatoms. The largest absolute Gasteiger partial charge is 0.458 e. The summed E-state index contributed by atoms with van der Waals surface area (Å²) in [5, 5.41) is 0. The van der Waals surface area contributed by atoms with E-state index in [1.54, 1.807) is 6.92 Å². The third kappa shape index (κ3) is 8.03. The molecule has 0 bridgehead atoms. The molecule has 0 amide bonds. The molecule has 0 atom stereocenters. The number of unbranched alkanes of at least 4 members (excludes halogenated alkanes) is 3. The molecule has 0 saturated heterocycles. The van der Waals surface area contributed by atoms with E-state index in [-0.39, 0.29) is 13.2 Å². The van der Waals surface area contributed by atoms with Gasteiger partial charge >= 0.3 is 11.9 Å². The Labute approximate surface area is 96.6 Å². The number of carbonyl (C=O) groups is 2. The fraction of sp³-hybridized carbons (Fsp3) is 0.667. The highest BCUT2D eigenvalue weighted by Crippen LogP contribution is 2.01. The summed E-state index contributed by atoms with van der Waals surface area (Å²) in [4.78, 5) is 21.8. The maximum atomic E-state index is 11.0. The fourth-order valence-electron chi connectivity index (χ4n) is 1.12. The first-order valence-electron chi connectivity index (χ1n) is 5.67. The van der Waals surface area contributed by atoms with Crippen LogP contribution in [0.1, 0.15) is 39.5 Å². The van der Waals surface area contributed by atoms with Crippen molar-refractivity contribution in [2.45, 2.75) is 39.5 Å². The minimum atomic E-state index is -0.906. The molecule has 0 aliphatic rings. The monoisotopic (exact) mass is 228 g/mol. The van der Waals surface area contributed by atoms with Crippen molar-refractivity contribution >= 4 is 11.9 Å². The van der Waals surface area contributed by atoms with Crippen molar-refractivity contribution in [2.75, 3.05) is 13.2 Å². The first-order valence-corrected chi connectivity index (χ1v) is 5.67. The molecular weight excluding hydrogens is 208 g/mol. The van der Waals surface area contributed by atoms with Crippen molar-refractivity contribution < 1.29 is 19.1 Å². The Balaban J connectivity index is 3.37. The molecule has 0 fully saturated rings. The van der Waals surface area contributed by atoms with Gasteiger partial charge in [0.1, 0.15) is 0 Å². The second kappa shape index (κ2) is 10.2. The van der Waals surface area contributed by atoms with Gasteiger partial charge in [-0.3, -0.25) is 0 Å². The minimum Gasteiger partial charge on any atom is -0.458 e. The average Bonchev–Trinajstić information content (AvgIpc) is 2.28. The van der Waals surface area contributed by atoms with Crippen molar-refractivity contribution in [3.05, 3.63) is 12.2 Å². The molecule has 0 heterocycles. The second-order valence-corrected chi connectivity index (χ2v) is 3.27. The maximum absolute atomic E-state index is 11.0. The predicted octanol–water partition coefficient (Wildman–Crippen LogP) is 2.23. The Hall–Kier alpha value is -1.32. The van der Waals surface area contributed by atoms with Crippen LogP contribution in [0.2, 0.25) is 0 Å². The van der Waals surface area contributed by atoms with E-state index in [0.29, 0.717) is 0 Å². The first-order chi connectivity index (χ1) is 7.72. The lowest BCUT2D eigenvalue weighted by Gasteiger charge is -2.03. The van der Waals surface area contributed by atoms with E-state index in [2.05, 4.69) is 10.8 Å². The summed E-state index contributed by atoms with van der Waals surface area (Å²) in [6.07, 6.45) is 8.00. The molecule has 92 valence electrons. The van der Waals surface area contributed by atoms with Crippen LogP contribution in [-0.2, 0) is 19.1 Å². The molecule has 0 aliphatic heterocycles. The van der Waals surface area contributed by atoms with Crippen molar-refractivity contribution in [2.24, 2.45) is 0 Å². The number of ether oxygens (including phenoxy) is 2. The van der Waals surface area contributed by atoms with Gasteiger partial charge in [0.2, 0.25) is 0 Å². The van der Waals surface area contributed by atoms with Crippen molar-refractivity contribution in [1.82, 2.24) is 0 Å². The third-order valence-electron chi connectivity index (χ3n) is 1.93. The van der Waals surface area contributed by atoms with Gasteiger partial charge in [0.25, 0.3) is 0 Å². The quantitative estimate of drug-likeness (QED) is 0.290. The van der Waals surface area contributed by atoms with E-state index in [4.69, 9.17) is 4.74 Å². The molecule has 0 spiro atoms. The zero-order valence-electron chi connectivity index (χ0n) is 10.0. The van der Waals surface area contributed by atoms with Gasteiger partial charge in [-0.1, -0.05) is 12.2 Å². The Kier molecular flexibility index (Phi) is 9.36. The van der Waals surface area contributed by atoms with Crippen LogP contribution < -0.4 is 0 Å². The SMILES string of the molecule is CC=CCCCCCOC(=O)C(=O)OCC. The van der Waals surface area contributed by atoms with Gasteiger partial charge in [0.05, 0.1) is 13.2 Å². The molecule has 4 nitrogen and oxygen atoms in total. The van der Waals surface area contributed by atoms with Crippen LogP contribution in [0.4, 0.5) is 0 Å². The molecule has 0 radical (unpaired) electrons. The summed E-state index contributed by atoms with van der Waals surface area (Å²) >= 11 is 0. The average molecular weight is 228 g/mol. The van der Waals surface area contributed by atoms with Gasteiger partial charge in [-0.15, -0.1) is 0 Å². The molecule has 0 N–H and O–H groups in total. The highest BCUT2D eigenvalue weighted by Gasteiger charge is 2.15. The van der Waals surface area contributed by atoms with Crippen LogP contribution in [0.3, 0.4) is 0 Å². The van der Waals surface area contributed by atoms with Gasteiger partial charge in [-0.25, -0.2) is 9.59 Å². The molecule has 0 rings (SSSR count). The van der Waals surface area contributed by atoms with E-state index in [0.717, 1.165) is 25.7 Å². The lowest BCUT2D eigenvalue weighted by molar-refractivity contribution is -0.167. The van der Waals surface area contributed by atoms with Crippen LogP contribution >= 0.6 is 0 Å². The van der Waals surface area contributed by atoms with Crippen LogP contribution in [-0.4, -0.2) is 25.2 Å². The number of hydrogen-bond acceptors (Lipinski definition) is 4. The molecule has 0 saturated carbocycles. The molecule has 0 unspecified atom stereocenters. The lowest BCUT2D eigenvalue weighted by atomic mass is 10.2. The lowest BCUT2D eigenvalue weighted by Crippen LogP contribution is -2.20. The topological polar surface area (TPSA) is 52.6 Å². The highest BCUT2D eigenvalue weighted by molar-refractivity contribution is 6.29. The third-order valence-corrected chi connectivity index (χ3v) is 1.93. The maximum Gasteiger partial charge on any atom is 0.417 e. The number of rotatable bonds is 7. The normalized spacial score (nSPS) is 10.4. The summed E-state index contributed by atoms with van der Waals surface area (Å²) in [7, 11) is 0. The molecular formula is C12H20O4. The first kappa shape index (κ1) is 14.7. The Morgan fingerprint density at radius 2 is 1.75 bits per heavy atom. The number of carbonyl (C=O) groups excluding carboxylic acids is 2. The summed E-state index contributed by atoms with van der Waals surface area (Å²) < 4.78 is 9.22. The van der Waals surface area contributed by atoms with E-state index >= 15 is 0 Å². The number of hydrogen-bond donors (Lipinski definition) is 0.